The van der Waals surface area contributed by atoms with Crippen molar-refractivity contribution in [3.63, 3.8) is 0 Å². The lowest BCUT2D eigenvalue weighted by molar-refractivity contribution is 0.635. The maximum Gasteiger partial charge on any atom is 0.224 e. The summed E-state index contributed by atoms with van der Waals surface area (Å²) in [4.78, 5) is 12.0. The highest BCUT2D eigenvalue weighted by Crippen LogP contribution is 2.36. The lowest BCUT2D eigenvalue weighted by Crippen LogP contribution is -1.97. The molecule has 2 aromatic carbocycles. The summed E-state index contributed by atoms with van der Waals surface area (Å²) in [5, 5.41) is 2.36. The van der Waals surface area contributed by atoms with Crippen molar-refractivity contribution in [3.05, 3.63) is 63.9 Å². The van der Waals surface area contributed by atoms with Gasteiger partial charge in [0.15, 0.2) is 5.82 Å². The first kappa shape index (κ1) is 15.5. The summed E-state index contributed by atoms with van der Waals surface area (Å²) in [6.45, 7) is 0. The van der Waals surface area contributed by atoms with Gasteiger partial charge in [-0.3, -0.25) is 4.98 Å². The molecule has 0 saturated heterocycles. The van der Waals surface area contributed by atoms with Crippen molar-refractivity contribution in [1.29, 1.82) is 0 Å². The Bertz CT molecular complexity index is 1110. The zero-order valence-electron chi connectivity index (χ0n) is 11.9. The van der Waals surface area contributed by atoms with E-state index in [2.05, 4.69) is 15.0 Å². The molecule has 24 heavy (non-hydrogen) atoms. The molecule has 0 bridgehead atoms. The molecule has 118 valence electrons. The fourth-order valence-electron chi connectivity index (χ4n) is 2.68. The van der Waals surface area contributed by atoms with Crippen molar-refractivity contribution in [1.82, 2.24) is 15.0 Å². The maximum atomic E-state index is 15.1. The van der Waals surface area contributed by atoms with Crippen LogP contribution in [-0.2, 0) is 0 Å². The average molecular weight is 379 g/mol. The Kier molecular flexibility index (Phi) is 3.76. The van der Waals surface area contributed by atoms with Crippen LogP contribution in [-0.4, -0.2) is 15.0 Å². The second-order valence-electron chi connectivity index (χ2n) is 5.11. The minimum atomic E-state index is -0.619. The third kappa shape index (κ3) is 2.38. The maximum absolute atomic E-state index is 15.1. The Morgan fingerprint density at radius 3 is 2.46 bits per heavy atom. The fraction of sp³-hybridized carbons (Fsp3) is 0. The summed E-state index contributed by atoms with van der Waals surface area (Å²) < 4.78 is 15.1. The van der Waals surface area contributed by atoms with Crippen molar-refractivity contribution in [2.75, 3.05) is 0 Å². The second-order valence-corrected chi connectivity index (χ2v) is 6.21. The lowest BCUT2D eigenvalue weighted by atomic mass is 10.0. The van der Waals surface area contributed by atoms with Gasteiger partial charge in [-0.15, -0.1) is 0 Å². The van der Waals surface area contributed by atoms with Gasteiger partial charge in [-0.2, -0.15) is 0 Å². The van der Waals surface area contributed by atoms with Gasteiger partial charge < -0.3 is 0 Å². The third-order valence-electron chi connectivity index (χ3n) is 3.72. The number of nitrogens with zero attached hydrogens (tertiary/aromatic N) is 3. The SMILES string of the molecule is Fc1c(-c2cccc3cccc(Cl)c23)ncc2c(Cl)nc(Cl)nc12. The monoisotopic (exact) mass is 377 g/mol. The molecule has 0 unspecified atom stereocenters. The first-order valence-electron chi connectivity index (χ1n) is 6.91. The number of benzene rings is 2. The van der Waals surface area contributed by atoms with E-state index < -0.39 is 5.82 Å². The van der Waals surface area contributed by atoms with E-state index in [0.717, 1.165) is 10.8 Å². The predicted molar refractivity (Wildman–Crippen MR) is 95.3 cm³/mol. The van der Waals surface area contributed by atoms with Gasteiger partial charge in [0.25, 0.3) is 0 Å². The van der Waals surface area contributed by atoms with Crippen LogP contribution in [0.15, 0.2) is 42.6 Å². The minimum absolute atomic E-state index is 0.0223. The van der Waals surface area contributed by atoms with Crippen molar-refractivity contribution in [3.8, 4) is 11.3 Å². The standard InChI is InChI=1S/C17H7Cl3FN3/c18-11-6-2-4-8-3-1-5-9(12(8)11)14-13(21)15-10(7-22-14)16(19)24-17(20)23-15/h1-7H. The summed E-state index contributed by atoms with van der Waals surface area (Å²) in [6.07, 6.45) is 1.43. The van der Waals surface area contributed by atoms with E-state index in [9.17, 15) is 0 Å². The molecule has 7 heteroatoms. The van der Waals surface area contributed by atoms with Crippen molar-refractivity contribution in [2.45, 2.75) is 0 Å². The molecule has 0 spiro atoms. The van der Waals surface area contributed by atoms with Crippen LogP contribution in [0.3, 0.4) is 0 Å². The molecule has 0 atom stereocenters. The number of halogens is 4. The quantitative estimate of drug-likeness (QED) is 0.304. The predicted octanol–water partition coefficient (Wildman–Crippen LogP) is 5.94. The molecule has 0 amide bonds. The van der Waals surface area contributed by atoms with Crippen molar-refractivity contribution < 1.29 is 4.39 Å². The van der Waals surface area contributed by atoms with Gasteiger partial charge in [0.05, 0.1) is 5.39 Å². The zero-order chi connectivity index (χ0) is 16.8. The molecule has 0 saturated carbocycles. The van der Waals surface area contributed by atoms with Gasteiger partial charge in [-0.25, -0.2) is 14.4 Å². The van der Waals surface area contributed by atoms with Crippen molar-refractivity contribution >= 4 is 56.5 Å². The van der Waals surface area contributed by atoms with Crippen LogP contribution in [0.1, 0.15) is 0 Å². The number of rotatable bonds is 1. The Labute approximate surface area is 151 Å². The van der Waals surface area contributed by atoms with E-state index in [0.29, 0.717) is 16.0 Å². The molecule has 0 aliphatic heterocycles. The van der Waals surface area contributed by atoms with Gasteiger partial charge in [-0.1, -0.05) is 53.5 Å². The van der Waals surface area contributed by atoms with E-state index in [4.69, 9.17) is 34.8 Å². The molecule has 4 aromatic rings. The molecule has 0 aliphatic rings. The lowest BCUT2D eigenvalue weighted by Gasteiger charge is -2.10. The molecular formula is C17H7Cl3FN3. The third-order valence-corrected chi connectivity index (χ3v) is 4.49. The van der Waals surface area contributed by atoms with Crippen molar-refractivity contribution in [2.24, 2.45) is 0 Å². The Hall–Kier alpha value is -2.01. The molecule has 0 radical (unpaired) electrons. The normalized spacial score (nSPS) is 11.3. The van der Waals surface area contributed by atoms with Gasteiger partial charge in [-0.05, 0) is 23.1 Å². The molecule has 3 nitrogen and oxygen atoms in total. The fourth-order valence-corrected chi connectivity index (χ4v) is 3.39. The number of hydrogen-bond acceptors (Lipinski definition) is 3. The van der Waals surface area contributed by atoms with Gasteiger partial charge >= 0.3 is 0 Å². The van der Waals surface area contributed by atoms with E-state index in [1.54, 1.807) is 12.1 Å². The van der Waals surface area contributed by atoms with E-state index in [-0.39, 0.29) is 21.6 Å². The molecule has 0 fully saturated rings. The van der Waals surface area contributed by atoms with Crippen LogP contribution < -0.4 is 0 Å². The summed E-state index contributed by atoms with van der Waals surface area (Å²) in [5.74, 6) is -0.619. The Morgan fingerprint density at radius 1 is 0.917 bits per heavy atom. The van der Waals surface area contributed by atoms with Crippen LogP contribution in [0.5, 0.6) is 0 Å². The molecule has 0 aliphatic carbocycles. The number of pyridine rings is 1. The molecule has 0 N–H and O–H groups in total. The molecule has 2 heterocycles. The van der Waals surface area contributed by atoms with Gasteiger partial charge in [0.1, 0.15) is 16.4 Å². The summed E-state index contributed by atoms with van der Waals surface area (Å²) in [7, 11) is 0. The Balaban J connectivity index is 2.10. The summed E-state index contributed by atoms with van der Waals surface area (Å²) in [5.41, 5.74) is 0.726. The van der Waals surface area contributed by atoms with E-state index in [1.165, 1.54) is 6.20 Å². The molecular weight excluding hydrogens is 372 g/mol. The first-order valence-corrected chi connectivity index (χ1v) is 8.04. The summed E-state index contributed by atoms with van der Waals surface area (Å²) >= 11 is 18.1. The van der Waals surface area contributed by atoms with Crippen LogP contribution in [0, 0.1) is 5.82 Å². The second kappa shape index (κ2) is 5.81. The highest BCUT2D eigenvalue weighted by Gasteiger charge is 2.18. The molecule has 4 rings (SSSR count). The number of aromatic nitrogens is 3. The highest BCUT2D eigenvalue weighted by atomic mass is 35.5. The van der Waals surface area contributed by atoms with Crippen LogP contribution in [0.4, 0.5) is 4.39 Å². The number of hydrogen-bond donors (Lipinski definition) is 0. The Morgan fingerprint density at radius 2 is 1.67 bits per heavy atom. The van der Waals surface area contributed by atoms with Crippen LogP contribution >= 0.6 is 34.8 Å². The summed E-state index contributed by atoms with van der Waals surface area (Å²) in [6, 6.07) is 11.0. The van der Waals surface area contributed by atoms with Gasteiger partial charge in [0, 0.05) is 22.2 Å². The van der Waals surface area contributed by atoms with Gasteiger partial charge in [0.2, 0.25) is 5.28 Å². The molecule has 2 aromatic heterocycles. The highest BCUT2D eigenvalue weighted by molar-refractivity contribution is 6.37. The smallest absolute Gasteiger partial charge is 0.224 e. The van der Waals surface area contributed by atoms with Crippen LogP contribution in [0.25, 0.3) is 32.9 Å². The largest absolute Gasteiger partial charge is 0.252 e. The minimum Gasteiger partial charge on any atom is -0.252 e. The van der Waals surface area contributed by atoms with Crippen LogP contribution in [0.2, 0.25) is 15.5 Å². The average Bonchev–Trinajstić information content (AvgIpc) is 2.56. The van der Waals surface area contributed by atoms with E-state index in [1.807, 2.05) is 24.3 Å². The number of fused-ring (bicyclic) bond motifs is 2. The zero-order valence-corrected chi connectivity index (χ0v) is 14.2. The topological polar surface area (TPSA) is 38.7 Å². The van der Waals surface area contributed by atoms with E-state index >= 15 is 4.39 Å². The first-order chi connectivity index (χ1) is 11.6.